The van der Waals surface area contributed by atoms with Gasteiger partial charge in [-0.05, 0) is 56.3 Å². The Bertz CT molecular complexity index is 1010. The van der Waals surface area contributed by atoms with Crippen LogP contribution in [-0.2, 0) is 20.8 Å². The Morgan fingerprint density at radius 2 is 2.12 bits per heavy atom. The Morgan fingerprint density at radius 1 is 1.35 bits per heavy atom. The maximum absolute atomic E-state index is 13.4. The van der Waals surface area contributed by atoms with Crippen LogP contribution in [0.25, 0.3) is 10.4 Å². The number of hydrogen-bond donors (Lipinski definition) is 3. The first kappa shape index (κ1) is 25.1. The van der Waals surface area contributed by atoms with Gasteiger partial charge in [-0.25, -0.2) is 0 Å². The zero-order valence-electron chi connectivity index (χ0n) is 19.5. The molecule has 3 N–H and O–H groups in total. The smallest absolute Gasteiger partial charge is 0.246 e. The molecule has 5 atom stereocenters. The number of likely N-dealkylation sites (tertiary alicyclic amines) is 1. The zero-order chi connectivity index (χ0) is 24.7. The van der Waals surface area contributed by atoms with E-state index in [1.807, 2.05) is 18.2 Å². The number of amides is 3. The summed E-state index contributed by atoms with van der Waals surface area (Å²) in [7, 11) is 1.64. The number of azide groups is 1. The topological polar surface area (TPSA) is 139 Å². The Morgan fingerprint density at radius 3 is 2.82 bits per heavy atom. The molecule has 1 aromatic carbocycles. The van der Waals surface area contributed by atoms with E-state index < -0.39 is 30.1 Å². The van der Waals surface area contributed by atoms with Crippen molar-refractivity contribution in [3.8, 4) is 12.3 Å². The van der Waals surface area contributed by atoms with Crippen LogP contribution in [0.3, 0.4) is 0 Å². The Labute approximate surface area is 199 Å². The molecule has 34 heavy (non-hydrogen) atoms. The van der Waals surface area contributed by atoms with Gasteiger partial charge in [-0.15, -0.1) is 12.3 Å². The van der Waals surface area contributed by atoms with Gasteiger partial charge in [-0.1, -0.05) is 29.4 Å². The summed E-state index contributed by atoms with van der Waals surface area (Å²) in [5.74, 6) is 1.28. The minimum Gasteiger partial charge on any atom is -0.347 e. The predicted molar refractivity (Wildman–Crippen MR) is 127 cm³/mol. The molecular weight excluding hydrogens is 434 g/mol. The molecule has 180 valence electrons. The van der Waals surface area contributed by atoms with Crippen LogP contribution < -0.4 is 16.0 Å². The third kappa shape index (κ3) is 5.68. The molecule has 10 heteroatoms. The molecule has 1 saturated heterocycles. The number of carbonyl (C=O) groups is 3. The molecule has 0 saturated carbocycles. The van der Waals surface area contributed by atoms with Gasteiger partial charge in [0.15, 0.2) is 0 Å². The fraction of sp³-hybridized carbons (Fsp3) is 0.542. The molecule has 3 amide bonds. The normalized spacial score (nSPS) is 23.0. The van der Waals surface area contributed by atoms with Crippen LogP contribution in [-0.4, -0.2) is 60.4 Å². The molecule has 1 fully saturated rings. The fourth-order valence-corrected chi connectivity index (χ4v) is 4.58. The first-order valence-corrected chi connectivity index (χ1v) is 11.5. The van der Waals surface area contributed by atoms with Crippen LogP contribution in [0.4, 0.5) is 0 Å². The Balaban J connectivity index is 1.80. The fourth-order valence-electron chi connectivity index (χ4n) is 4.58. The highest BCUT2D eigenvalue weighted by molar-refractivity contribution is 5.93. The van der Waals surface area contributed by atoms with Crippen LogP contribution in [0.15, 0.2) is 29.4 Å². The van der Waals surface area contributed by atoms with Gasteiger partial charge in [0.25, 0.3) is 0 Å². The zero-order valence-corrected chi connectivity index (χ0v) is 19.5. The molecule has 0 unspecified atom stereocenters. The lowest BCUT2D eigenvalue weighted by atomic mass is 9.87. The van der Waals surface area contributed by atoms with Crippen molar-refractivity contribution >= 4 is 17.7 Å². The maximum Gasteiger partial charge on any atom is 0.246 e. The van der Waals surface area contributed by atoms with E-state index in [0.717, 1.165) is 24.8 Å². The van der Waals surface area contributed by atoms with Gasteiger partial charge in [0, 0.05) is 17.9 Å². The van der Waals surface area contributed by atoms with Crippen LogP contribution in [0, 0.1) is 12.3 Å². The lowest BCUT2D eigenvalue weighted by Gasteiger charge is -2.31. The van der Waals surface area contributed by atoms with Crippen molar-refractivity contribution in [2.24, 2.45) is 5.11 Å². The van der Waals surface area contributed by atoms with Crippen molar-refractivity contribution in [2.45, 2.75) is 69.2 Å². The second-order valence-corrected chi connectivity index (χ2v) is 8.73. The van der Waals surface area contributed by atoms with E-state index in [1.54, 1.807) is 14.0 Å². The molecule has 2 aliphatic rings. The highest BCUT2D eigenvalue weighted by Gasteiger charge is 2.42. The highest BCUT2D eigenvalue weighted by atomic mass is 16.2. The number of benzene rings is 1. The summed E-state index contributed by atoms with van der Waals surface area (Å²) in [5.41, 5.74) is 11.2. The monoisotopic (exact) mass is 465 g/mol. The number of nitrogens with zero attached hydrogens (tertiary/aromatic N) is 4. The Kier molecular flexibility index (Phi) is 8.52. The summed E-state index contributed by atoms with van der Waals surface area (Å²) >= 11 is 0. The highest BCUT2D eigenvalue weighted by Crippen LogP contribution is 2.30. The van der Waals surface area contributed by atoms with Crippen LogP contribution in [0.2, 0.25) is 0 Å². The number of hydrogen-bond acceptors (Lipinski definition) is 5. The summed E-state index contributed by atoms with van der Waals surface area (Å²) in [4.78, 5) is 43.4. The van der Waals surface area contributed by atoms with E-state index in [-0.39, 0.29) is 37.2 Å². The summed E-state index contributed by atoms with van der Waals surface area (Å²) in [5, 5.41) is 12.3. The third-order valence-electron chi connectivity index (χ3n) is 6.53. The summed E-state index contributed by atoms with van der Waals surface area (Å²) in [6, 6.07) is 5.00. The van der Waals surface area contributed by atoms with Crippen molar-refractivity contribution in [1.82, 2.24) is 20.9 Å². The SMILES string of the molecule is C#CC[C@H](NC(=O)[C@H](C)NC)C(=O)N1C[C@@H](N=[N+]=[N-])C[C@H]1C(=O)N[C@@H]1CCCc2ccccc21. The molecule has 0 radical (unpaired) electrons. The molecule has 1 aliphatic carbocycles. The van der Waals surface area contributed by atoms with Crippen molar-refractivity contribution in [3.05, 3.63) is 45.8 Å². The molecule has 0 spiro atoms. The molecule has 10 nitrogen and oxygen atoms in total. The molecule has 3 rings (SSSR count). The number of fused-ring (bicyclic) bond motifs is 1. The molecule has 1 aliphatic heterocycles. The first-order valence-electron chi connectivity index (χ1n) is 11.5. The predicted octanol–water partition coefficient (Wildman–Crippen LogP) is 1.58. The third-order valence-corrected chi connectivity index (χ3v) is 6.53. The quantitative estimate of drug-likeness (QED) is 0.232. The minimum atomic E-state index is -0.983. The van der Waals surface area contributed by atoms with Crippen molar-refractivity contribution in [1.29, 1.82) is 0 Å². The molecule has 0 bridgehead atoms. The van der Waals surface area contributed by atoms with Crippen molar-refractivity contribution in [2.75, 3.05) is 13.6 Å². The number of aryl methyl sites for hydroxylation is 1. The molecular formula is C24H31N7O3. The van der Waals surface area contributed by atoms with Crippen molar-refractivity contribution in [3.63, 3.8) is 0 Å². The van der Waals surface area contributed by atoms with E-state index in [1.165, 1.54) is 10.5 Å². The van der Waals surface area contributed by atoms with E-state index in [9.17, 15) is 14.4 Å². The van der Waals surface area contributed by atoms with Gasteiger partial charge in [0.1, 0.15) is 12.1 Å². The number of carbonyl (C=O) groups excluding carboxylic acids is 3. The summed E-state index contributed by atoms with van der Waals surface area (Å²) < 4.78 is 0. The molecule has 1 aromatic rings. The van der Waals surface area contributed by atoms with Gasteiger partial charge in [0.2, 0.25) is 17.7 Å². The standard InChI is InChI=1S/C24H31N7O3/c1-4-8-20(28-22(32)15(2)26-3)24(34)31-14-17(29-30-25)13-21(31)23(33)27-19-12-7-10-16-9-5-6-11-18(16)19/h1,5-6,9,11,15,17,19-21,26H,7-8,10,12-14H2,2-3H3,(H,27,33)(H,28,32)/t15-,17-,19+,20-,21-/m0/s1. The number of likely N-dealkylation sites (N-methyl/N-ethyl adjacent to an activating group) is 1. The maximum atomic E-state index is 13.4. The van der Waals surface area contributed by atoms with E-state index >= 15 is 0 Å². The second-order valence-electron chi connectivity index (χ2n) is 8.73. The van der Waals surface area contributed by atoms with Gasteiger partial charge in [-0.3, -0.25) is 14.4 Å². The van der Waals surface area contributed by atoms with Crippen LogP contribution >= 0.6 is 0 Å². The van der Waals surface area contributed by atoms with Gasteiger partial charge >= 0.3 is 0 Å². The van der Waals surface area contributed by atoms with Crippen LogP contribution in [0.1, 0.15) is 49.8 Å². The molecule has 0 aromatic heterocycles. The average molecular weight is 466 g/mol. The number of nitrogens with one attached hydrogen (secondary N) is 3. The lowest BCUT2D eigenvalue weighted by molar-refractivity contribution is -0.141. The largest absolute Gasteiger partial charge is 0.347 e. The summed E-state index contributed by atoms with van der Waals surface area (Å²) in [6.07, 6.45) is 8.37. The van der Waals surface area contributed by atoms with E-state index in [0.29, 0.717) is 0 Å². The average Bonchev–Trinajstić information content (AvgIpc) is 3.27. The summed E-state index contributed by atoms with van der Waals surface area (Å²) in [6.45, 7) is 1.75. The van der Waals surface area contributed by atoms with E-state index in [2.05, 4.69) is 38.0 Å². The van der Waals surface area contributed by atoms with Gasteiger partial charge in [0.05, 0.1) is 18.1 Å². The first-order chi connectivity index (χ1) is 16.4. The van der Waals surface area contributed by atoms with Crippen molar-refractivity contribution < 1.29 is 14.4 Å². The minimum absolute atomic E-state index is 0.0198. The van der Waals surface area contributed by atoms with Crippen LogP contribution in [0.5, 0.6) is 0 Å². The number of terminal acetylenes is 1. The lowest BCUT2D eigenvalue weighted by Crippen LogP contribution is -2.55. The number of rotatable bonds is 8. The van der Waals surface area contributed by atoms with Gasteiger partial charge in [-0.2, -0.15) is 0 Å². The molecule has 1 heterocycles. The van der Waals surface area contributed by atoms with E-state index in [4.69, 9.17) is 12.0 Å². The Hall–Kier alpha value is -3.54. The van der Waals surface area contributed by atoms with Gasteiger partial charge < -0.3 is 20.9 Å². The second kappa shape index (κ2) is 11.5.